The number of carbonyl (C=O) groups is 1. The van der Waals surface area contributed by atoms with E-state index in [9.17, 15) is 4.79 Å². The van der Waals surface area contributed by atoms with E-state index in [0.717, 1.165) is 32.1 Å². The molecule has 6 nitrogen and oxygen atoms in total. The van der Waals surface area contributed by atoms with Gasteiger partial charge in [0.15, 0.2) is 0 Å². The van der Waals surface area contributed by atoms with Crippen molar-refractivity contribution in [3.05, 3.63) is 10.4 Å². The van der Waals surface area contributed by atoms with Gasteiger partial charge in [0.2, 0.25) is 0 Å². The normalized spacial score (nSPS) is 28.7. The minimum absolute atomic E-state index is 0.161. The van der Waals surface area contributed by atoms with Gasteiger partial charge in [-0.1, -0.05) is 5.11 Å². The Morgan fingerprint density at radius 1 is 1.33 bits per heavy atom. The second-order valence-electron chi connectivity index (χ2n) is 7.21. The summed E-state index contributed by atoms with van der Waals surface area (Å²) in [7, 11) is 0. The van der Waals surface area contributed by atoms with Gasteiger partial charge in [-0.3, -0.25) is 0 Å². The van der Waals surface area contributed by atoms with E-state index in [1.807, 2.05) is 25.7 Å². The molecule has 2 heterocycles. The van der Waals surface area contributed by atoms with Gasteiger partial charge in [-0.25, -0.2) is 4.79 Å². The minimum Gasteiger partial charge on any atom is -0.444 e. The third kappa shape index (κ3) is 4.27. The molecule has 2 aliphatic heterocycles. The summed E-state index contributed by atoms with van der Waals surface area (Å²) in [5.74, 6) is 0.560. The van der Waals surface area contributed by atoms with Crippen LogP contribution in [0.4, 0.5) is 4.79 Å². The number of ether oxygens (including phenoxy) is 1. The lowest BCUT2D eigenvalue weighted by atomic mass is 9.77. The van der Waals surface area contributed by atoms with Gasteiger partial charge in [0, 0.05) is 23.5 Å². The summed E-state index contributed by atoms with van der Waals surface area (Å²) in [6, 6.07) is 0.590. The van der Waals surface area contributed by atoms with E-state index in [1.54, 1.807) is 0 Å². The maximum absolute atomic E-state index is 12.4. The van der Waals surface area contributed by atoms with E-state index in [-0.39, 0.29) is 6.09 Å². The van der Waals surface area contributed by atoms with Crippen LogP contribution in [0.5, 0.6) is 0 Å². The number of nitrogens with zero attached hydrogens (tertiary/aromatic N) is 4. The summed E-state index contributed by atoms with van der Waals surface area (Å²) in [4.78, 5) is 17.2. The van der Waals surface area contributed by atoms with Gasteiger partial charge in [0.1, 0.15) is 5.60 Å². The summed E-state index contributed by atoms with van der Waals surface area (Å²) in [5, 5.41) is 3.64. The SMILES string of the molecule is CC(C)(C)OC(=O)N1C2CCCC1CC(CCN=[N+]=[N-])C2. The van der Waals surface area contributed by atoms with Crippen molar-refractivity contribution in [3.63, 3.8) is 0 Å². The van der Waals surface area contributed by atoms with Crippen molar-refractivity contribution in [2.24, 2.45) is 11.0 Å². The van der Waals surface area contributed by atoms with Crippen LogP contribution in [0.25, 0.3) is 10.4 Å². The third-order valence-corrected chi connectivity index (χ3v) is 4.38. The van der Waals surface area contributed by atoms with Crippen LogP contribution in [0.3, 0.4) is 0 Å². The van der Waals surface area contributed by atoms with Gasteiger partial charge < -0.3 is 9.64 Å². The minimum atomic E-state index is -0.441. The third-order valence-electron chi connectivity index (χ3n) is 4.38. The Kier molecular flexibility index (Phi) is 4.99. The molecule has 118 valence electrons. The van der Waals surface area contributed by atoms with Crippen LogP contribution in [0, 0.1) is 5.92 Å². The predicted octanol–water partition coefficient (Wildman–Crippen LogP) is 4.26. The highest BCUT2D eigenvalue weighted by Gasteiger charge is 2.42. The van der Waals surface area contributed by atoms with Crippen LogP contribution >= 0.6 is 0 Å². The van der Waals surface area contributed by atoms with Crippen molar-refractivity contribution in [2.45, 2.75) is 77.0 Å². The standard InChI is InChI=1S/C15H26N4O2/c1-15(2,3)21-14(20)19-12-5-4-6-13(19)10-11(9-12)7-8-17-18-16/h11-13H,4-10H2,1-3H3. The first-order valence-corrected chi connectivity index (χ1v) is 7.93. The van der Waals surface area contributed by atoms with Crippen molar-refractivity contribution in [2.75, 3.05) is 6.54 Å². The molecule has 0 aliphatic carbocycles. The Bertz CT molecular complexity index is 412. The molecule has 0 aromatic rings. The Hall–Kier alpha value is -1.42. The summed E-state index contributed by atoms with van der Waals surface area (Å²) in [5.41, 5.74) is 7.93. The number of rotatable bonds is 3. The van der Waals surface area contributed by atoms with Gasteiger partial charge in [0.05, 0.1) is 0 Å². The van der Waals surface area contributed by atoms with Crippen molar-refractivity contribution in [1.82, 2.24) is 4.90 Å². The lowest BCUT2D eigenvalue weighted by molar-refractivity contribution is -0.0285. The maximum Gasteiger partial charge on any atom is 0.410 e. The highest BCUT2D eigenvalue weighted by Crippen LogP contribution is 2.39. The molecule has 0 aromatic heterocycles. The molecule has 2 aliphatic rings. The number of amides is 1. The Morgan fingerprint density at radius 3 is 2.48 bits per heavy atom. The van der Waals surface area contributed by atoms with Crippen LogP contribution in [-0.2, 0) is 4.74 Å². The average molecular weight is 294 g/mol. The highest BCUT2D eigenvalue weighted by molar-refractivity contribution is 5.69. The molecule has 2 fully saturated rings. The molecule has 21 heavy (non-hydrogen) atoms. The molecule has 6 heteroatoms. The van der Waals surface area contributed by atoms with E-state index in [0.29, 0.717) is 24.5 Å². The number of hydrogen-bond acceptors (Lipinski definition) is 3. The van der Waals surface area contributed by atoms with Crippen LogP contribution in [0.1, 0.15) is 59.3 Å². The van der Waals surface area contributed by atoms with Gasteiger partial charge in [0.25, 0.3) is 0 Å². The molecular weight excluding hydrogens is 268 g/mol. The molecule has 2 rings (SSSR count). The predicted molar refractivity (Wildman–Crippen MR) is 80.9 cm³/mol. The van der Waals surface area contributed by atoms with E-state index in [2.05, 4.69) is 10.0 Å². The van der Waals surface area contributed by atoms with Crippen molar-refractivity contribution >= 4 is 6.09 Å². The highest BCUT2D eigenvalue weighted by atomic mass is 16.6. The molecule has 2 saturated heterocycles. The fourth-order valence-electron chi connectivity index (χ4n) is 3.63. The quantitative estimate of drug-likeness (QED) is 0.443. The number of carbonyl (C=O) groups excluding carboxylic acids is 1. The van der Waals surface area contributed by atoms with Gasteiger partial charge >= 0.3 is 6.09 Å². The van der Waals surface area contributed by atoms with Crippen LogP contribution in [0.15, 0.2) is 5.11 Å². The molecule has 0 spiro atoms. The van der Waals surface area contributed by atoms with Gasteiger partial charge in [-0.15, -0.1) is 0 Å². The molecule has 2 atom stereocenters. The summed E-state index contributed by atoms with van der Waals surface area (Å²) >= 11 is 0. The molecular formula is C15H26N4O2. The average Bonchev–Trinajstić information content (AvgIpc) is 2.35. The zero-order chi connectivity index (χ0) is 15.5. The van der Waals surface area contributed by atoms with Crippen molar-refractivity contribution < 1.29 is 9.53 Å². The largest absolute Gasteiger partial charge is 0.444 e. The van der Waals surface area contributed by atoms with E-state index in [4.69, 9.17) is 10.3 Å². The van der Waals surface area contributed by atoms with Crippen molar-refractivity contribution in [1.29, 1.82) is 0 Å². The molecule has 0 radical (unpaired) electrons. The molecule has 0 aromatic carbocycles. The topological polar surface area (TPSA) is 78.3 Å². The fourth-order valence-corrected chi connectivity index (χ4v) is 3.63. The van der Waals surface area contributed by atoms with Crippen LogP contribution in [0.2, 0.25) is 0 Å². The van der Waals surface area contributed by atoms with Gasteiger partial charge in [-0.2, -0.15) is 0 Å². The summed E-state index contributed by atoms with van der Waals surface area (Å²) in [6.45, 7) is 6.29. The summed E-state index contributed by atoms with van der Waals surface area (Å²) in [6.07, 6.45) is 6.11. The van der Waals surface area contributed by atoms with Crippen molar-refractivity contribution in [3.8, 4) is 0 Å². The van der Waals surface area contributed by atoms with Crippen LogP contribution in [-0.4, -0.2) is 35.2 Å². The molecule has 1 amide bonds. The van der Waals surface area contributed by atoms with E-state index in [1.165, 1.54) is 6.42 Å². The lowest BCUT2D eigenvalue weighted by Crippen LogP contribution is -2.55. The number of hydrogen-bond donors (Lipinski definition) is 0. The molecule has 0 N–H and O–H groups in total. The molecule has 0 saturated carbocycles. The van der Waals surface area contributed by atoms with E-state index >= 15 is 0 Å². The molecule has 2 bridgehead atoms. The number of piperidine rings is 2. The number of azide groups is 1. The Labute approximate surface area is 126 Å². The first-order valence-electron chi connectivity index (χ1n) is 7.93. The van der Waals surface area contributed by atoms with Gasteiger partial charge in [-0.05, 0) is 70.7 Å². The Morgan fingerprint density at radius 2 is 1.95 bits per heavy atom. The smallest absolute Gasteiger partial charge is 0.410 e. The zero-order valence-corrected chi connectivity index (χ0v) is 13.3. The maximum atomic E-state index is 12.4. The fraction of sp³-hybridized carbons (Fsp3) is 0.933. The van der Waals surface area contributed by atoms with E-state index < -0.39 is 5.60 Å². The first kappa shape index (κ1) is 16.0. The molecule has 2 unspecified atom stereocenters. The zero-order valence-electron chi connectivity index (χ0n) is 13.3. The second-order valence-corrected chi connectivity index (χ2v) is 7.21. The number of fused-ring (bicyclic) bond motifs is 2. The Balaban J connectivity index is 1.99. The monoisotopic (exact) mass is 294 g/mol. The lowest BCUT2D eigenvalue weighted by Gasteiger charge is -2.48. The second kappa shape index (κ2) is 6.56. The van der Waals surface area contributed by atoms with Crippen LogP contribution < -0.4 is 0 Å². The first-order chi connectivity index (χ1) is 9.90. The summed E-state index contributed by atoms with van der Waals surface area (Å²) < 4.78 is 5.57.